The molecule has 0 bridgehead atoms. The van der Waals surface area contributed by atoms with Crippen molar-refractivity contribution in [2.45, 2.75) is 12.5 Å². The molecule has 0 radical (unpaired) electrons. The first-order valence-corrected chi connectivity index (χ1v) is 6.96. The van der Waals surface area contributed by atoms with Crippen molar-refractivity contribution >= 4 is 35.3 Å². The van der Waals surface area contributed by atoms with Crippen LogP contribution in [-0.4, -0.2) is 11.5 Å². The van der Waals surface area contributed by atoms with Gasteiger partial charge in [-0.25, -0.2) is 4.98 Å². The maximum Gasteiger partial charge on any atom is 0.151 e. The lowest BCUT2D eigenvalue weighted by molar-refractivity contribution is 0.197. The third-order valence-electron chi connectivity index (χ3n) is 2.49. The molecule has 7 heteroatoms. The molecule has 2 aromatic rings. The number of benzene rings is 1. The predicted octanol–water partition coefficient (Wildman–Crippen LogP) is 3.56. The highest BCUT2D eigenvalue weighted by Gasteiger charge is 2.17. The molecule has 1 atom stereocenters. The Kier molecular flexibility index (Phi) is 6.76. The number of ether oxygens (including phenoxy) is 1. The molecule has 2 rings (SSSR count). The minimum absolute atomic E-state index is 0. The van der Waals surface area contributed by atoms with E-state index in [2.05, 4.69) is 11.1 Å². The first-order valence-electron chi connectivity index (χ1n) is 5.70. The van der Waals surface area contributed by atoms with Gasteiger partial charge in [0.25, 0.3) is 0 Å². The Bertz CT molecular complexity index is 584. The van der Waals surface area contributed by atoms with E-state index in [1.54, 1.807) is 24.4 Å². The van der Waals surface area contributed by atoms with E-state index in [4.69, 9.17) is 27.3 Å². The highest BCUT2D eigenvalue weighted by atomic mass is 35.5. The highest BCUT2D eigenvalue weighted by molar-refractivity contribution is 7.09. The molecule has 1 aromatic carbocycles. The minimum Gasteiger partial charge on any atom is -0.482 e. The maximum atomic E-state index is 9.07. The second kappa shape index (κ2) is 8.08. The van der Waals surface area contributed by atoms with Crippen LogP contribution in [0.2, 0.25) is 5.02 Å². The van der Waals surface area contributed by atoms with Gasteiger partial charge in [-0.05, 0) is 18.7 Å². The van der Waals surface area contributed by atoms with Gasteiger partial charge < -0.3 is 10.5 Å². The summed E-state index contributed by atoms with van der Waals surface area (Å²) < 4.78 is 5.86. The zero-order chi connectivity index (χ0) is 13.7. The van der Waals surface area contributed by atoms with E-state index in [-0.39, 0.29) is 18.5 Å². The third-order valence-corrected chi connectivity index (χ3v) is 3.59. The zero-order valence-corrected chi connectivity index (χ0v) is 12.8. The van der Waals surface area contributed by atoms with Crippen molar-refractivity contribution in [2.75, 3.05) is 6.54 Å². The third kappa shape index (κ3) is 4.09. The smallest absolute Gasteiger partial charge is 0.151 e. The SMILES string of the molecule is Cl.N#Cc1ccc(Cl)cc1O[C@H](CCN)c1nccs1. The number of halogens is 2. The lowest BCUT2D eigenvalue weighted by atomic mass is 10.2. The summed E-state index contributed by atoms with van der Waals surface area (Å²) in [5.74, 6) is 0.462. The Labute approximate surface area is 132 Å². The number of nitrogens with zero attached hydrogens (tertiary/aromatic N) is 2. The molecule has 0 spiro atoms. The van der Waals surface area contributed by atoms with Gasteiger partial charge in [0.05, 0.1) is 5.56 Å². The van der Waals surface area contributed by atoms with Crippen molar-refractivity contribution < 1.29 is 4.74 Å². The monoisotopic (exact) mass is 329 g/mol. The molecule has 20 heavy (non-hydrogen) atoms. The minimum atomic E-state index is -0.254. The van der Waals surface area contributed by atoms with Gasteiger partial charge in [-0.3, -0.25) is 0 Å². The van der Waals surface area contributed by atoms with Crippen LogP contribution in [0.5, 0.6) is 5.75 Å². The van der Waals surface area contributed by atoms with Crippen LogP contribution in [0.4, 0.5) is 0 Å². The molecule has 106 valence electrons. The van der Waals surface area contributed by atoms with Crippen LogP contribution in [-0.2, 0) is 0 Å². The average molecular weight is 330 g/mol. The molecule has 0 saturated heterocycles. The molecule has 1 heterocycles. The van der Waals surface area contributed by atoms with Crippen LogP contribution in [0.1, 0.15) is 23.1 Å². The molecule has 1 aromatic heterocycles. The number of nitrogens with two attached hydrogens (primary N) is 1. The maximum absolute atomic E-state index is 9.07. The normalized spacial score (nSPS) is 11.2. The topological polar surface area (TPSA) is 71.9 Å². The fraction of sp³-hybridized carbons (Fsp3) is 0.231. The number of nitriles is 1. The van der Waals surface area contributed by atoms with E-state index in [0.29, 0.717) is 29.3 Å². The summed E-state index contributed by atoms with van der Waals surface area (Å²) in [7, 11) is 0. The summed E-state index contributed by atoms with van der Waals surface area (Å²) in [4.78, 5) is 4.23. The zero-order valence-electron chi connectivity index (χ0n) is 10.5. The van der Waals surface area contributed by atoms with Gasteiger partial charge in [0.1, 0.15) is 16.8 Å². The summed E-state index contributed by atoms with van der Waals surface area (Å²) in [5, 5.41) is 12.3. The second-order valence-corrected chi connectivity index (χ2v) is 5.17. The molecule has 0 amide bonds. The van der Waals surface area contributed by atoms with Crippen molar-refractivity contribution in [1.82, 2.24) is 4.98 Å². The van der Waals surface area contributed by atoms with Gasteiger partial charge in [-0.1, -0.05) is 11.6 Å². The standard InChI is InChI=1S/C13H12ClN3OS.ClH/c14-10-2-1-9(8-16)12(7-10)18-11(3-4-15)13-17-5-6-19-13;/h1-2,5-7,11H,3-4,15H2;1H/t11-;/m1./s1. The van der Waals surface area contributed by atoms with Gasteiger partial charge >= 0.3 is 0 Å². The van der Waals surface area contributed by atoms with Crippen molar-refractivity contribution in [2.24, 2.45) is 5.73 Å². The van der Waals surface area contributed by atoms with E-state index in [1.165, 1.54) is 11.3 Å². The van der Waals surface area contributed by atoms with Gasteiger partial charge in [0, 0.05) is 29.1 Å². The number of hydrogen-bond donors (Lipinski definition) is 1. The molecule has 2 N–H and O–H groups in total. The Morgan fingerprint density at radius 2 is 2.30 bits per heavy atom. The fourth-order valence-corrected chi connectivity index (χ4v) is 2.48. The second-order valence-electron chi connectivity index (χ2n) is 3.81. The average Bonchev–Trinajstić information content (AvgIpc) is 2.92. The molecule has 0 aliphatic heterocycles. The molecular formula is C13H13Cl2N3OS. The van der Waals surface area contributed by atoms with Crippen molar-refractivity contribution in [3.8, 4) is 11.8 Å². The molecule has 0 fully saturated rings. The largest absolute Gasteiger partial charge is 0.482 e. The summed E-state index contributed by atoms with van der Waals surface area (Å²) in [6.07, 6.45) is 2.09. The van der Waals surface area contributed by atoms with E-state index in [1.807, 2.05) is 5.38 Å². The quantitative estimate of drug-likeness (QED) is 0.910. The van der Waals surface area contributed by atoms with Crippen LogP contribution in [0, 0.1) is 11.3 Å². The van der Waals surface area contributed by atoms with E-state index < -0.39 is 0 Å². The van der Waals surface area contributed by atoms with Crippen molar-refractivity contribution in [3.63, 3.8) is 0 Å². The molecule has 0 saturated carbocycles. The van der Waals surface area contributed by atoms with Gasteiger partial charge in [-0.15, -0.1) is 23.7 Å². The fourth-order valence-electron chi connectivity index (χ4n) is 1.62. The van der Waals surface area contributed by atoms with Crippen LogP contribution in [0.15, 0.2) is 29.8 Å². The van der Waals surface area contributed by atoms with E-state index in [9.17, 15) is 0 Å². The summed E-state index contributed by atoms with van der Waals surface area (Å²) in [5.41, 5.74) is 6.04. The lowest BCUT2D eigenvalue weighted by Gasteiger charge is -2.17. The predicted molar refractivity (Wildman–Crippen MR) is 82.6 cm³/mol. The Balaban J connectivity index is 0.00000200. The van der Waals surface area contributed by atoms with Gasteiger partial charge in [-0.2, -0.15) is 5.26 Å². The Hall–Kier alpha value is -1.32. The van der Waals surface area contributed by atoms with Crippen molar-refractivity contribution in [3.05, 3.63) is 45.4 Å². The van der Waals surface area contributed by atoms with Gasteiger partial charge in [0.2, 0.25) is 0 Å². The first kappa shape index (κ1) is 16.7. The van der Waals surface area contributed by atoms with E-state index in [0.717, 1.165) is 5.01 Å². The molecule has 0 aliphatic rings. The molecule has 0 aliphatic carbocycles. The Morgan fingerprint density at radius 3 is 2.90 bits per heavy atom. The van der Waals surface area contributed by atoms with Crippen LogP contribution < -0.4 is 10.5 Å². The molecule has 0 unspecified atom stereocenters. The summed E-state index contributed by atoms with van der Waals surface area (Å²) >= 11 is 7.43. The summed E-state index contributed by atoms with van der Waals surface area (Å²) in [6, 6.07) is 7.02. The number of rotatable bonds is 5. The first-order chi connectivity index (χ1) is 9.24. The number of thiazole rings is 1. The van der Waals surface area contributed by atoms with Crippen molar-refractivity contribution in [1.29, 1.82) is 5.26 Å². The van der Waals surface area contributed by atoms with Crippen LogP contribution >= 0.6 is 35.3 Å². The van der Waals surface area contributed by atoms with Crippen LogP contribution in [0.3, 0.4) is 0 Å². The van der Waals surface area contributed by atoms with Crippen LogP contribution in [0.25, 0.3) is 0 Å². The Morgan fingerprint density at radius 1 is 1.50 bits per heavy atom. The molecule has 4 nitrogen and oxygen atoms in total. The summed E-state index contributed by atoms with van der Waals surface area (Å²) in [6.45, 7) is 0.479. The number of hydrogen-bond acceptors (Lipinski definition) is 5. The molecular weight excluding hydrogens is 317 g/mol. The number of aromatic nitrogens is 1. The highest BCUT2D eigenvalue weighted by Crippen LogP contribution is 2.30. The van der Waals surface area contributed by atoms with E-state index >= 15 is 0 Å². The lowest BCUT2D eigenvalue weighted by Crippen LogP contribution is -2.13. The van der Waals surface area contributed by atoms with Gasteiger partial charge in [0.15, 0.2) is 6.10 Å².